The van der Waals surface area contributed by atoms with Gasteiger partial charge in [0.15, 0.2) is 0 Å². The minimum absolute atomic E-state index is 0.389. The molecule has 3 rings (SSSR count). The Morgan fingerprint density at radius 1 is 1.28 bits per heavy atom. The Hall–Kier alpha value is -1.06. The van der Waals surface area contributed by atoms with Crippen LogP contribution in [0.25, 0.3) is 0 Å². The Morgan fingerprint density at radius 2 is 2.06 bits per heavy atom. The Kier molecular flexibility index (Phi) is 3.27. The third-order valence-electron chi connectivity index (χ3n) is 4.54. The first-order valence-corrected chi connectivity index (χ1v) is 6.89. The zero-order chi connectivity index (χ0) is 12.4. The topological polar surface area (TPSA) is 24.5 Å². The molecule has 0 radical (unpaired) electrons. The van der Waals surface area contributed by atoms with Gasteiger partial charge in [-0.05, 0) is 37.6 Å². The Balaban J connectivity index is 1.69. The van der Waals surface area contributed by atoms with E-state index < -0.39 is 0 Å². The van der Waals surface area contributed by atoms with E-state index in [1.807, 2.05) is 0 Å². The fourth-order valence-corrected chi connectivity index (χ4v) is 3.33. The number of hydrogen-bond donors (Lipinski definition) is 1. The summed E-state index contributed by atoms with van der Waals surface area (Å²) in [6.45, 7) is 5.42. The van der Waals surface area contributed by atoms with Gasteiger partial charge in [0, 0.05) is 31.3 Å². The van der Waals surface area contributed by atoms with Gasteiger partial charge in [-0.1, -0.05) is 18.2 Å². The smallest absolute Gasteiger partial charge is 0.0589 e. The van der Waals surface area contributed by atoms with E-state index in [0.717, 1.165) is 19.7 Å². The summed E-state index contributed by atoms with van der Waals surface area (Å²) in [7, 11) is 1.78. The molecule has 0 aromatic heterocycles. The van der Waals surface area contributed by atoms with Crippen molar-refractivity contribution in [3.8, 4) is 0 Å². The molecule has 1 N–H and O–H groups in total. The molecule has 0 bridgehead atoms. The molecular weight excluding hydrogens is 224 g/mol. The number of likely N-dealkylation sites (tertiary alicyclic amines) is 1. The molecule has 0 saturated carbocycles. The molecule has 0 unspecified atom stereocenters. The predicted molar refractivity (Wildman–Crippen MR) is 74.2 cm³/mol. The van der Waals surface area contributed by atoms with Crippen molar-refractivity contribution in [2.45, 2.75) is 18.3 Å². The number of ether oxygens (including phenoxy) is 1. The van der Waals surface area contributed by atoms with Crippen LogP contribution in [0.3, 0.4) is 0 Å². The lowest BCUT2D eigenvalue weighted by Gasteiger charge is -2.39. The van der Waals surface area contributed by atoms with E-state index in [-0.39, 0.29) is 0 Å². The van der Waals surface area contributed by atoms with Crippen molar-refractivity contribution in [2.75, 3.05) is 45.2 Å². The second-order valence-electron chi connectivity index (χ2n) is 5.51. The average Bonchev–Trinajstić information content (AvgIpc) is 2.78. The zero-order valence-electron chi connectivity index (χ0n) is 11.1. The average molecular weight is 246 g/mol. The van der Waals surface area contributed by atoms with Gasteiger partial charge < -0.3 is 15.0 Å². The van der Waals surface area contributed by atoms with E-state index in [4.69, 9.17) is 4.74 Å². The number of piperidine rings is 1. The van der Waals surface area contributed by atoms with Crippen molar-refractivity contribution in [2.24, 2.45) is 0 Å². The maximum absolute atomic E-state index is 5.16. The quantitative estimate of drug-likeness (QED) is 0.884. The zero-order valence-corrected chi connectivity index (χ0v) is 11.1. The van der Waals surface area contributed by atoms with Crippen LogP contribution in [0.5, 0.6) is 0 Å². The molecule has 1 aromatic carbocycles. The van der Waals surface area contributed by atoms with E-state index in [9.17, 15) is 0 Å². The molecule has 0 aliphatic carbocycles. The number of methoxy groups -OCH3 is 1. The molecule has 18 heavy (non-hydrogen) atoms. The van der Waals surface area contributed by atoms with Crippen LogP contribution in [0.4, 0.5) is 5.69 Å². The van der Waals surface area contributed by atoms with Crippen LogP contribution < -0.4 is 5.32 Å². The fraction of sp³-hybridized carbons (Fsp3) is 0.600. The highest BCUT2D eigenvalue weighted by molar-refractivity contribution is 5.60. The molecular formula is C15H22N2O. The number of para-hydroxylation sites is 1. The lowest BCUT2D eigenvalue weighted by Crippen LogP contribution is -2.44. The van der Waals surface area contributed by atoms with Crippen LogP contribution >= 0.6 is 0 Å². The highest BCUT2D eigenvalue weighted by Crippen LogP contribution is 2.43. The van der Waals surface area contributed by atoms with Gasteiger partial charge in [-0.15, -0.1) is 0 Å². The Labute approximate surface area is 109 Å². The summed E-state index contributed by atoms with van der Waals surface area (Å²) in [5, 5.41) is 3.58. The second-order valence-corrected chi connectivity index (χ2v) is 5.51. The van der Waals surface area contributed by atoms with Crippen molar-refractivity contribution in [3.63, 3.8) is 0 Å². The molecule has 2 aliphatic rings. The molecule has 0 amide bonds. The predicted octanol–water partition coefficient (Wildman–Crippen LogP) is 2.09. The van der Waals surface area contributed by atoms with Crippen LogP contribution in [-0.4, -0.2) is 44.8 Å². The number of benzene rings is 1. The first-order valence-electron chi connectivity index (χ1n) is 6.89. The van der Waals surface area contributed by atoms with Crippen molar-refractivity contribution in [1.82, 2.24) is 4.90 Å². The standard InChI is InChI=1S/C15H22N2O/c1-18-11-10-17-8-6-15(7-9-17)12-16-14-5-3-2-4-13(14)15/h2-5,16H,6-12H2,1H3. The van der Waals surface area contributed by atoms with E-state index in [1.54, 1.807) is 7.11 Å². The highest BCUT2D eigenvalue weighted by atomic mass is 16.5. The summed E-state index contributed by atoms with van der Waals surface area (Å²) in [5.74, 6) is 0. The molecule has 1 saturated heterocycles. The maximum atomic E-state index is 5.16. The minimum Gasteiger partial charge on any atom is -0.384 e. The van der Waals surface area contributed by atoms with Gasteiger partial charge in [0.2, 0.25) is 0 Å². The lowest BCUT2D eigenvalue weighted by molar-refractivity contribution is 0.114. The van der Waals surface area contributed by atoms with E-state index in [0.29, 0.717) is 5.41 Å². The van der Waals surface area contributed by atoms with Crippen molar-refractivity contribution in [3.05, 3.63) is 29.8 Å². The largest absolute Gasteiger partial charge is 0.384 e. The normalized spacial score (nSPS) is 21.8. The molecule has 2 heterocycles. The second kappa shape index (κ2) is 4.90. The highest BCUT2D eigenvalue weighted by Gasteiger charge is 2.40. The molecule has 2 aliphatic heterocycles. The summed E-state index contributed by atoms with van der Waals surface area (Å²) >= 11 is 0. The van der Waals surface area contributed by atoms with Crippen molar-refractivity contribution >= 4 is 5.69 Å². The SMILES string of the molecule is COCCN1CCC2(CC1)CNc1ccccc12. The molecule has 1 fully saturated rings. The third kappa shape index (κ3) is 2.02. The summed E-state index contributed by atoms with van der Waals surface area (Å²) in [5.41, 5.74) is 3.28. The van der Waals surface area contributed by atoms with Crippen molar-refractivity contribution < 1.29 is 4.74 Å². The molecule has 1 aromatic rings. The Morgan fingerprint density at radius 3 is 2.83 bits per heavy atom. The van der Waals surface area contributed by atoms with E-state index >= 15 is 0 Å². The number of nitrogens with zero attached hydrogens (tertiary/aromatic N) is 1. The summed E-state index contributed by atoms with van der Waals surface area (Å²) in [6.07, 6.45) is 2.53. The van der Waals surface area contributed by atoms with Crippen LogP contribution in [0.15, 0.2) is 24.3 Å². The number of rotatable bonds is 3. The van der Waals surface area contributed by atoms with Gasteiger partial charge in [-0.3, -0.25) is 0 Å². The summed E-state index contributed by atoms with van der Waals surface area (Å²) < 4.78 is 5.16. The van der Waals surface area contributed by atoms with E-state index in [2.05, 4.69) is 34.5 Å². The van der Waals surface area contributed by atoms with Gasteiger partial charge >= 0.3 is 0 Å². The minimum atomic E-state index is 0.389. The van der Waals surface area contributed by atoms with Gasteiger partial charge in [-0.25, -0.2) is 0 Å². The van der Waals surface area contributed by atoms with Crippen LogP contribution in [0.2, 0.25) is 0 Å². The first-order chi connectivity index (χ1) is 8.84. The summed E-state index contributed by atoms with van der Waals surface area (Å²) in [4.78, 5) is 2.52. The van der Waals surface area contributed by atoms with Gasteiger partial charge in [0.25, 0.3) is 0 Å². The van der Waals surface area contributed by atoms with Crippen LogP contribution in [0, 0.1) is 0 Å². The molecule has 0 atom stereocenters. The molecule has 3 heteroatoms. The van der Waals surface area contributed by atoms with Gasteiger partial charge in [0.05, 0.1) is 6.61 Å². The Bertz CT molecular complexity index is 411. The summed E-state index contributed by atoms with van der Waals surface area (Å²) in [6, 6.07) is 8.81. The van der Waals surface area contributed by atoms with Gasteiger partial charge in [-0.2, -0.15) is 0 Å². The number of anilines is 1. The first kappa shape index (κ1) is 12.0. The fourth-order valence-electron chi connectivity index (χ4n) is 3.33. The van der Waals surface area contributed by atoms with Crippen molar-refractivity contribution in [1.29, 1.82) is 0 Å². The van der Waals surface area contributed by atoms with E-state index in [1.165, 1.54) is 37.2 Å². The molecule has 3 nitrogen and oxygen atoms in total. The third-order valence-corrected chi connectivity index (χ3v) is 4.54. The van der Waals surface area contributed by atoms with Gasteiger partial charge in [0.1, 0.15) is 0 Å². The number of hydrogen-bond acceptors (Lipinski definition) is 3. The number of fused-ring (bicyclic) bond motifs is 2. The molecule has 1 spiro atoms. The van der Waals surface area contributed by atoms with Crippen LogP contribution in [-0.2, 0) is 10.2 Å². The monoisotopic (exact) mass is 246 g/mol. The number of nitrogens with one attached hydrogen (secondary N) is 1. The molecule has 98 valence electrons. The van der Waals surface area contributed by atoms with Crippen LogP contribution in [0.1, 0.15) is 18.4 Å². The maximum Gasteiger partial charge on any atom is 0.0589 e. The lowest BCUT2D eigenvalue weighted by atomic mass is 9.74.